The first-order valence-corrected chi connectivity index (χ1v) is 18.5. The normalized spacial score (nSPS) is 20.1. The van der Waals surface area contributed by atoms with Crippen molar-refractivity contribution in [2.45, 2.75) is 150 Å². The van der Waals surface area contributed by atoms with E-state index in [2.05, 4.69) is 108 Å². The van der Waals surface area contributed by atoms with E-state index >= 15 is 0 Å². The molecule has 0 aromatic carbocycles. The molecule has 0 bridgehead atoms. The molecule has 0 saturated heterocycles. The molecule has 0 radical (unpaired) electrons. The van der Waals surface area contributed by atoms with Gasteiger partial charge in [-0.05, 0) is 92.4 Å². The van der Waals surface area contributed by atoms with E-state index in [0.29, 0.717) is 35.4 Å². The maximum atomic E-state index is 13.4. The Morgan fingerprint density at radius 3 is 1.59 bits per heavy atom. The fourth-order valence-corrected chi connectivity index (χ4v) is 6.62. The topological polar surface area (TPSA) is 63.2 Å². The second-order valence-electron chi connectivity index (χ2n) is 17.8. The number of allylic oxidation sites excluding steroid dienone is 3. The lowest BCUT2D eigenvalue weighted by Gasteiger charge is -2.36. The third-order valence-corrected chi connectivity index (χ3v) is 12.2. The molecule has 0 aromatic rings. The summed E-state index contributed by atoms with van der Waals surface area (Å²) in [6.45, 7) is 41.0. The highest BCUT2D eigenvalue weighted by Gasteiger charge is 2.37. The average Bonchev–Trinajstić information content (AvgIpc) is 2.97. The van der Waals surface area contributed by atoms with E-state index in [1.807, 2.05) is 34.6 Å². The van der Waals surface area contributed by atoms with Crippen molar-refractivity contribution in [2.24, 2.45) is 75.9 Å². The maximum Gasteiger partial charge on any atom is 0.243 e. The standard InChI is InChI=1S/C42H77NO3/c1-25(2)31(9)38(43-37(44)22-23-42(18,19)40(46)35(13)36(14)41(15,16)17)33(11)30(8)24-29(7)32(10)27(5)20-21-28(6)34(12)39(45)26(3)4/h22-28,30-36,38H,20-21H2,1-19H3,(H,43,44)/b23-22+,29-24+. The Bertz CT molecular complexity index is 1030. The molecular weight excluding hydrogens is 566 g/mol. The molecule has 0 fully saturated rings. The minimum absolute atomic E-state index is 0.00316. The van der Waals surface area contributed by atoms with Gasteiger partial charge < -0.3 is 5.32 Å². The van der Waals surface area contributed by atoms with Gasteiger partial charge in [0.15, 0.2) is 0 Å². The van der Waals surface area contributed by atoms with E-state index in [1.165, 1.54) is 5.57 Å². The van der Waals surface area contributed by atoms with Crippen molar-refractivity contribution < 1.29 is 14.4 Å². The van der Waals surface area contributed by atoms with Crippen LogP contribution in [0.15, 0.2) is 23.8 Å². The summed E-state index contributed by atoms with van der Waals surface area (Å²) in [4.78, 5) is 39.3. The van der Waals surface area contributed by atoms with E-state index in [-0.39, 0.29) is 58.7 Å². The highest BCUT2D eigenvalue weighted by molar-refractivity contribution is 5.92. The fraction of sp³-hybridized carbons (Fsp3) is 0.833. The van der Waals surface area contributed by atoms with Crippen LogP contribution in [0.2, 0.25) is 0 Å². The van der Waals surface area contributed by atoms with Crippen molar-refractivity contribution in [1.82, 2.24) is 5.32 Å². The molecule has 0 aliphatic heterocycles. The summed E-state index contributed by atoms with van der Waals surface area (Å²) in [7, 11) is 0. The van der Waals surface area contributed by atoms with Gasteiger partial charge in [-0.1, -0.05) is 129 Å². The molecule has 0 rings (SSSR count). The largest absolute Gasteiger partial charge is 0.349 e. The van der Waals surface area contributed by atoms with Crippen LogP contribution in [0.1, 0.15) is 144 Å². The number of carbonyl (C=O) groups excluding carboxylic acids is 3. The summed E-state index contributed by atoms with van der Waals surface area (Å²) in [6.07, 6.45) is 7.98. The number of hydrogen-bond donors (Lipinski definition) is 1. The lowest BCUT2D eigenvalue weighted by Crippen LogP contribution is -2.46. The average molecular weight is 644 g/mol. The predicted molar refractivity (Wildman–Crippen MR) is 199 cm³/mol. The molecular formula is C42H77NO3. The molecule has 10 atom stereocenters. The first-order chi connectivity index (χ1) is 20.8. The lowest BCUT2D eigenvalue weighted by atomic mass is 9.69. The van der Waals surface area contributed by atoms with E-state index in [1.54, 1.807) is 12.2 Å². The van der Waals surface area contributed by atoms with Gasteiger partial charge in [0.25, 0.3) is 0 Å². The van der Waals surface area contributed by atoms with Crippen LogP contribution >= 0.6 is 0 Å². The van der Waals surface area contributed by atoms with Gasteiger partial charge in [-0.3, -0.25) is 14.4 Å². The molecule has 0 heterocycles. The first kappa shape index (κ1) is 44.3. The van der Waals surface area contributed by atoms with Crippen molar-refractivity contribution in [2.75, 3.05) is 0 Å². The second kappa shape index (κ2) is 18.7. The lowest BCUT2D eigenvalue weighted by molar-refractivity contribution is -0.131. The van der Waals surface area contributed by atoms with Crippen LogP contribution in [0.4, 0.5) is 0 Å². The maximum absolute atomic E-state index is 13.4. The summed E-state index contributed by atoms with van der Waals surface area (Å²) in [5.74, 6) is 3.34. The third-order valence-electron chi connectivity index (χ3n) is 12.2. The molecule has 1 amide bonds. The molecule has 1 N–H and O–H groups in total. The van der Waals surface area contributed by atoms with Crippen LogP contribution in [-0.4, -0.2) is 23.5 Å². The van der Waals surface area contributed by atoms with Gasteiger partial charge >= 0.3 is 0 Å². The first-order valence-electron chi connectivity index (χ1n) is 18.5. The number of ketones is 2. The van der Waals surface area contributed by atoms with Gasteiger partial charge in [0.1, 0.15) is 11.6 Å². The van der Waals surface area contributed by atoms with Crippen molar-refractivity contribution in [3.63, 3.8) is 0 Å². The molecule has 10 unspecified atom stereocenters. The Morgan fingerprint density at radius 1 is 0.674 bits per heavy atom. The summed E-state index contributed by atoms with van der Waals surface area (Å²) in [6, 6.07) is 0.00316. The van der Waals surface area contributed by atoms with E-state index in [0.717, 1.165) is 12.8 Å². The van der Waals surface area contributed by atoms with Crippen molar-refractivity contribution in [3.8, 4) is 0 Å². The molecule has 0 aromatic heterocycles. The van der Waals surface area contributed by atoms with Crippen LogP contribution in [0.25, 0.3) is 0 Å². The van der Waals surface area contributed by atoms with E-state index in [4.69, 9.17) is 0 Å². The van der Waals surface area contributed by atoms with Crippen LogP contribution in [0.3, 0.4) is 0 Å². The predicted octanol–water partition coefficient (Wildman–Crippen LogP) is 11.0. The monoisotopic (exact) mass is 644 g/mol. The molecule has 0 spiro atoms. The SMILES string of the molecule is C/C(=C\C(C)C(C)C(NC(=O)/C=C/C(C)(C)C(=O)C(C)C(C)C(C)(C)C)C(C)C(C)C)C(C)C(C)CCC(C)C(C)C(=O)C(C)C. The number of Topliss-reactive ketones (excluding diaryl/α,β-unsaturated/α-hetero) is 2. The smallest absolute Gasteiger partial charge is 0.243 e. The Balaban J connectivity index is 5.70. The third kappa shape index (κ3) is 13.4. The van der Waals surface area contributed by atoms with Gasteiger partial charge in [0, 0.05) is 29.2 Å². The van der Waals surface area contributed by atoms with Crippen molar-refractivity contribution >= 4 is 17.5 Å². The molecule has 268 valence electrons. The molecule has 4 heteroatoms. The highest BCUT2D eigenvalue weighted by atomic mass is 16.1. The van der Waals surface area contributed by atoms with Crippen LogP contribution in [0.5, 0.6) is 0 Å². The molecule has 0 aliphatic carbocycles. The van der Waals surface area contributed by atoms with Crippen molar-refractivity contribution in [1.29, 1.82) is 0 Å². The van der Waals surface area contributed by atoms with Gasteiger partial charge in [-0.25, -0.2) is 0 Å². The number of rotatable bonds is 19. The zero-order valence-corrected chi connectivity index (χ0v) is 33.8. The van der Waals surface area contributed by atoms with Crippen LogP contribution in [-0.2, 0) is 14.4 Å². The van der Waals surface area contributed by atoms with E-state index in [9.17, 15) is 14.4 Å². The summed E-state index contributed by atoms with van der Waals surface area (Å²) in [5, 5.41) is 3.36. The van der Waals surface area contributed by atoms with Gasteiger partial charge in [-0.15, -0.1) is 0 Å². The zero-order chi connectivity index (χ0) is 36.5. The van der Waals surface area contributed by atoms with Gasteiger partial charge in [0.05, 0.1) is 0 Å². The van der Waals surface area contributed by atoms with E-state index < -0.39 is 5.41 Å². The molecule has 0 saturated carbocycles. The quantitative estimate of drug-likeness (QED) is 0.112. The van der Waals surface area contributed by atoms with Crippen molar-refractivity contribution in [3.05, 3.63) is 23.8 Å². The molecule has 46 heavy (non-hydrogen) atoms. The Labute approximate surface area is 286 Å². The highest BCUT2D eigenvalue weighted by Crippen LogP contribution is 2.36. The van der Waals surface area contributed by atoms with Crippen LogP contribution < -0.4 is 5.32 Å². The number of carbonyl (C=O) groups is 3. The Kier molecular flexibility index (Phi) is 18.0. The van der Waals surface area contributed by atoms with Crippen LogP contribution in [0, 0.1) is 75.9 Å². The molecule has 4 nitrogen and oxygen atoms in total. The minimum Gasteiger partial charge on any atom is -0.349 e. The zero-order valence-electron chi connectivity index (χ0n) is 33.8. The summed E-state index contributed by atoms with van der Waals surface area (Å²) < 4.78 is 0. The van der Waals surface area contributed by atoms with Gasteiger partial charge in [-0.2, -0.15) is 0 Å². The number of hydrogen-bond acceptors (Lipinski definition) is 3. The minimum atomic E-state index is -0.721. The number of amides is 1. The fourth-order valence-electron chi connectivity index (χ4n) is 6.62. The Morgan fingerprint density at radius 2 is 1.15 bits per heavy atom. The Hall–Kier alpha value is -1.71. The summed E-state index contributed by atoms with van der Waals surface area (Å²) >= 11 is 0. The number of nitrogens with one attached hydrogen (secondary N) is 1. The summed E-state index contributed by atoms with van der Waals surface area (Å²) in [5.41, 5.74) is 0.710. The van der Waals surface area contributed by atoms with Gasteiger partial charge in [0.2, 0.25) is 5.91 Å². The second-order valence-corrected chi connectivity index (χ2v) is 17.8. The molecule has 0 aliphatic rings.